The normalized spacial score (nSPS) is 18.2. The monoisotopic (exact) mass is 337 g/mol. The number of pyridine rings is 1. The lowest BCUT2D eigenvalue weighted by atomic mass is 9.80. The largest absolute Gasteiger partial charge is 0.364 e. The van der Waals surface area contributed by atoms with Gasteiger partial charge in [-0.05, 0) is 18.6 Å². The van der Waals surface area contributed by atoms with Crippen molar-refractivity contribution in [1.29, 1.82) is 0 Å². The van der Waals surface area contributed by atoms with Gasteiger partial charge in [0.05, 0.1) is 6.54 Å². The molecule has 1 unspecified atom stereocenters. The maximum atomic E-state index is 13.4. The van der Waals surface area contributed by atoms with Crippen LogP contribution in [-0.4, -0.2) is 41.0 Å². The summed E-state index contributed by atoms with van der Waals surface area (Å²) in [5.41, 5.74) is 5.22. The number of primary amides is 1. The van der Waals surface area contributed by atoms with E-state index in [0.29, 0.717) is 6.42 Å². The second-order valence-electron chi connectivity index (χ2n) is 5.41. The highest BCUT2D eigenvalue weighted by molar-refractivity contribution is 6.03. The van der Waals surface area contributed by atoms with Gasteiger partial charge in [-0.3, -0.25) is 19.6 Å². The second-order valence-corrected chi connectivity index (χ2v) is 5.41. The highest BCUT2D eigenvalue weighted by atomic mass is 19.3. The van der Waals surface area contributed by atoms with Crippen LogP contribution in [0.3, 0.4) is 0 Å². The molecule has 128 valence electrons. The van der Waals surface area contributed by atoms with Crippen molar-refractivity contribution in [3.8, 4) is 0 Å². The molecule has 2 rings (SSSR count). The number of carbonyl (C=O) groups is 2. The number of nitrogens with one attached hydrogen (secondary N) is 1. The van der Waals surface area contributed by atoms with Crippen molar-refractivity contribution in [2.75, 3.05) is 11.9 Å². The summed E-state index contributed by atoms with van der Waals surface area (Å²) in [5.74, 6) is -5.06. The van der Waals surface area contributed by atoms with Crippen molar-refractivity contribution in [2.24, 2.45) is 16.8 Å². The number of halogens is 2. The van der Waals surface area contributed by atoms with Gasteiger partial charge in [0.1, 0.15) is 11.4 Å². The summed E-state index contributed by atoms with van der Waals surface area (Å²) in [6, 6.07) is 2.74. The molecule has 7 nitrogen and oxygen atoms in total. The predicted molar refractivity (Wildman–Crippen MR) is 84.5 cm³/mol. The first-order valence-electron chi connectivity index (χ1n) is 7.12. The van der Waals surface area contributed by atoms with Crippen LogP contribution in [-0.2, 0) is 4.79 Å². The van der Waals surface area contributed by atoms with Gasteiger partial charge in [-0.25, -0.2) is 8.78 Å². The molecule has 24 heavy (non-hydrogen) atoms. The highest BCUT2D eigenvalue weighted by Gasteiger charge is 2.49. The van der Waals surface area contributed by atoms with Gasteiger partial charge < -0.3 is 11.1 Å². The lowest BCUT2D eigenvalue weighted by molar-refractivity contribution is -0.139. The van der Waals surface area contributed by atoms with E-state index in [1.807, 2.05) is 0 Å². The third-order valence-corrected chi connectivity index (χ3v) is 3.83. The number of hydrogen-bond donors (Lipinski definition) is 2. The number of hydrazone groups is 1. The number of alkyl halides is 2. The van der Waals surface area contributed by atoms with Gasteiger partial charge >= 0.3 is 0 Å². The van der Waals surface area contributed by atoms with E-state index in [1.54, 1.807) is 0 Å². The third-order valence-electron chi connectivity index (χ3n) is 3.83. The molecule has 0 saturated heterocycles. The van der Waals surface area contributed by atoms with E-state index in [2.05, 4.69) is 28.7 Å². The van der Waals surface area contributed by atoms with Gasteiger partial charge in [0, 0.05) is 30.9 Å². The van der Waals surface area contributed by atoms with E-state index < -0.39 is 23.7 Å². The fourth-order valence-electron chi connectivity index (χ4n) is 2.22. The van der Waals surface area contributed by atoms with Crippen LogP contribution in [0.1, 0.15) is 23.3 Å². The number of rotatable bonds is 7. The fraction of sp³-hybridized carbons (Fsp3) is 0.333. The molecule has 1 aliphatic rings. The van der Waals surface area contributed by atoms with E-state index in [4.69, 9.17) is 5.73 Å². The maximum Gasteiger partial charge on any atom is 0.273 e. The number of nitrogens with two attached hydrogens (primary N) is 1. The quantitative estimate of drug-likeness (QED) is 0.448. The Morgan fingerprint density at radius 2 is 2.25 bits per heavy atom. The SMILES string of the molecule is C=NN(CC1CCC1(F)F)C(=C)C(=O)Nc1ccnc(C(N)=O)c1. The molecule has 3 N–H and O–H groups in total. The van der Waals surface area contributed by atoms with Crippen molar-refractivity contribution >= 4 is 24.2 Å². The average Bonchev–Trinajstić information content (AvgIpc) is 2.54. The van der Waals surface area contributed by atoms with Crippen LogP contribution in [0.2, 0.25) is 0 Å². The number of aromatic nitrogens is 1. The van der Waals surface area contributed by atoms with Gasteiger partial charge in [0.15, 0.2) is 0 Å². The summed E-state index contributed by atoms with van der Waals surface area (Å²) < 4.78 is 26.7. The molecule has 2 amide bonds. The van der Waals surface area contributed by atoms with Crippen LogP contribution in [0.25, 0.3) is 0 Å². The van der Waals surface area contributed by atoms with Crippen molar-refractivity contribution < 1.29 is 18.4 Å². The van der Waals surface area contributed by atoms with Crippen molar-refractivity contribution in [1.82, 2.24) is 9.99 Å². The molecule has 0 aromatic carbocycles. The summed E-state index contributed by atoms with van der Waals surface area (Å²) in [5, 5.41) is 7.11. The Kier molecular flexibility index (Phi) is 4.91. The highest BCUT2D eigenvalue weighted by Crippen LogP contribution is 2.44. The minimum Gasteiger partial charge on any atom is -0.364 e. The van der Waals surface area contributed by atoms with Crippen molar-refractivity contribution in [2.45, 2.75) is 18.8 Å². The van der Waals surface area contributed by atoms with Gasteiger partial charge in [-0.2, -0.15) is 5.10 Å². The molecule has 0 spiro atoms. The summed E-state index contributed by atoms with van der Waals surface area (Å²) in [6.07, 6.45) is 1.48. The van der Waals surface area contributed by atoms with E-state index in [1.165, 1.54) is 18.3 Å². The van der Waals surface area contributed by atoms with Crippen LogP contribution in [0.4, 0.5) is 14.5 Å². The van der Waals surface area contributed by atoms with Gasteiger partial charge in [-0.1, -0.05) is 6.58 Å². The Morgan fingerprint density at radius 1 is 1.54 bits per heavy atom. The molecule has 1 fully saturated rings. The molecule has 1 atom stereocenters. The predicted octanol–water partition coefficient (Wildman–Crippen LogP) is 1.60. The zero-order valence-corrected chi connectivity index (χ0v) is 12.8. The second kappa shape index (κ2) is 6.73. The first kappa shape index (κ1) is 17.5. The minimum atomic E-state index is -2.76. The molecule has 9 heteroatoms. The standard InChI is InChI=1S/C15H17F2N5O2/c1-9(22(19-2)8-10-3-5-15(10,16)17)14(24)21-11-4-6-20-12(7-11)13(18)23/h4,6-7,10H,1-3,5,8H2,(H2,18,23)(H,20,21,24). The number of nitrogens with zero attached hydrogens (tertiary/aromatic N) is 3. The summed E-state index contributed by atoms with van der Waals surface area (Å²) in [7, 11) is 0. The van der Waals surface area contributed by atoms with Crippen LogP contribution >= 0.6 is 0 Å². The molecule has 1 aromatic rings. The molecule has 0 bridgehead atoms. The Bertz CT molecular complexity index is 692. The van der Waals surface area contributed by atoms with Crippen LogP contribution in [0.15, 0.2) is 35.7 Å². The summed E-state index contributed by atoms with van der Waals surface area (Å²) in [4.78, 5) is 27.0. The Morgan fingerprint density at radius 3 is 2.75 bits per heavy atom. The van der Waals surface area contributed by atoms with E-state index in [-0.39, 0.29) is 30.0 Å². The zero-order valence-electron chi connectivity index (χ0n) is 12.8. The van der Waals surface area contributed by atoms with E-state index in [0.717, 1.165) is 5.01 Å². The Balaban J connectivity index is 2.02. The van der Waals surface area contributed by atoms with Crippen LogP contribution in [0, 0.1) is 5.92 Å². The van der Waals surface area contributed by atoms with Gasteiger partial charge in [0.2, 0.25) is 0 Å². The first-order valence-corrected chi connectivity index (χ1v) is 7.12. The first-order chi connectivity index (χ1) is 11.2. The molecular weight excluding hydrogens is 320 g/mol. The lowest BCUT2D eigenvalue weighted by Crippen LogP contribution is -2.45. The Labute approximate surface area is 137 Å². The topological polar surface area (TPSA) is 101 Å². The molecule has 1 heterocycles. The molecule has 0 radical (unpaired) electrons. The van der Waals surface area contributed by atoms with E-state index >= 15 is 0 Å². The molecular formula is C15H17F2N5O2. The number of hydrogen-bond acceptors (Lipinski definition) is 5. The molecule has 0 aliphatic heterocycles. The molecule has 1 aliphatic carbocycles. The smallest absolute Gasteiger partial charge is 0.273 e. The maximum absolute atomic E-state index is 13.4. The Hall–Kier alpha value is -2.84. The van der Waals surface area contributed by atoms with Crippen LogP contribution in [0.5, 0.6) is 0 Å². The summed E-state index contributed by atoms with van der Waals surface area (Å²) >= 11 is 0. The number of anilines is 1. The average molecular weight is 337 g/mol. The number of amides is 2. The van der Waals surface area contributed by atoms with Gasteiger partial charge in [0.25, 0.3) is 17.7 Å². The van der Waals surface area contributed by atoms with Crippen molar-refractivity contribution in [3.63, 3.8) is 0 Å². The molecule has 1 saturated carbocycles. The zero-order chi connectivity index (χ0) is 17.9. The van der Waals surface area contributed by atoms with Crippen molar-refractivity contribution in [3.05, 3.63) is 36.3 Å². The number of carbonyl (C=O) groups excluding carboxylic acids is 2. The fourth-order valence-corrected chi connectivity index (χ4v) is 2.22. The summed E-state index contributed by atoms with van der Waals surface area (Å²) in [6.45, 7) is 6.71. The van der Waals surface area contributed by atoms with E-state index in [9.17, 15) is 18.4 Å². The minimum absolute atomic E-state index is 0.0220. The lowest BCUT2D eigenvalue weighted by Gasteiger charge is -2.38. The molecule has 1 aromatic heterocycles. The van der Waals surface area contributed by atoms with Gasteiger partial charge in [-0.15, -0.1) is 0 Å². The third kappa shape index (κ3) is 3.73. The van der Waals surface area contributed by atoms with Crippen LogP contribution < -0.4 is 11.1 Å².